The van der Waals surface area contributed by atoms with Gasteiger partial charge in [-0.2, -0.15) is 0 Å². The molecule has 0 unspecified atom stereocenters. The van der Waals surface area contributed by atoms with Crippen molar-refractivity contribution in [2.45, 2.75) is 35.6 Å². The zero-order valence-electron chi connectivity index (χ0n) is 18.0. The van der Waals surface area contributed by atoms with Gasteiger partial charge in [0, 0.05) is 17.7 Å². The Morgan fingerprint density at radius 2 is 1.91 bits per heavy atom. The molecule has 1 heterocycles. The Morgan fingerprint density at radius 1 is 1.16 bits per heavy atom. The summed E-state index contributed by atoms with van der Waals surface area (Å²) in [5.41, 5.74) is 4.76. The minimum atomic E-state index is -0.312. The van der Waals surface area contributed by atoms with Crippen molar-refractivity contribution in [1.82, 2.24) is 0 Å². The van der Waals surface area contributed by atoms with Crippen LogP contribution in [0.1, 0.15) is 51.2 Å². The third-order valence-electron chi connectivity index (χ3n) is 5.54. The van der Waals surface area contributed by atoms with Crippen molar-refractivity contribution in [1.29, 1.82) is 0 Å². The van der Waals surface area contributed by atoms with E-state index in [1.54, 1.807) is 18.9 Å². The third-order valence-corrected chi connectivity index (χ3v) is 8.09. The summed E-state index contributed by atoms with van der Waals surface area (Å²) in [7, 11) is 1.64. The topological polar surface area (TPSA) is 68.1 Å². The van der Waals surface area contributed by atoms with Crippen molar-refractivity contribution < 1.29 is 19.5 Å². The summed E-state index contributed by atoms with van der Waals surface area (Å²) in [5, 5.41) is 13.6. The Bertz CT molecular complexity index is 1110. The van der Waals surface area contributed by atoms with Crippen LogP contribution in [0.25, 0.3) is 0 Å². The fourth-order valence-electron chi connectivity index (χ4n) is 3.97. The summed E-state index contributed by atoms with van der Waals surface area (Å²) in [6.45, 7) is 2.13. The maximum atomic E-state index is 12.8. The van der Waals surface area contributed by atoms with Gasteiger partial charge in [0.15, 0.2) is 0 Å². The molecule has 0 bridgehead atoms. The maximum absolute atomic E-state index is 12.8. The number of carbonyl (C=O) groups excluding carboxylic acids is 1. The number of carbonyl (C=O) groups is 1. The molecular weight excluding hydrogens is 442 g/mol. The Hall–Kier alpha value is -2.77. The number of esters is 1. The van der Waals surface area contributed by atoms with Crippen LogP contribution in [0.3, 0.4) is 0 Å². The molecule has 1 aliphatic carbocycles. The molecule has 0 fully saturated rings. The lowest BCUT2D eigenvalue weighted by Crippen LogP contribution is -2.21. The van der Waals surface area contributed by atoms with Gasteiger partial charge >= 0.3 is 5.97 Å². The predicted octanol–water partition coefficient (Wildman–Crippen LogP) is 6.13. The van der Waals surface area contributed by atoms with Crippen LogP contribution in [0.5, 0.6) is 5.75 Å². The number of methoxy groups -OCH3 is 1. The molecule has 166 valence electrons. The number of thiophene rings is 1. The molecule has 32 heavy (non-hydrogen) atoms. The van der Waals surface area contributed by atoms with Gasteiger partial charge in [0.2, 0.25) is 0 Å². The van der Waals surface area contributed by atoms with Crippen LogP contribution < -0.4 is 4.74 Å². The van der Waals surface area contributed by atoms with Crippen LogP contribution in [0.15, 0.2) is 64.0 Å². The third kappa shape index (κ3) is 4.69. The molecule has 1 aromatic heterocycles. The summed E-state index contributed by atoms with van der Waals surface area (Å²) < 4.78 is 11.6. The van der Waals surface area contributed by atoms with Gasteiger partial charge in [0.1, 0.15) is 10.6 Å². The molecule has 1 atom stereocenters. The van der Waals surface area contributed by atoms with E-state index in [1.807, 2.05) is 49.4 Å². The molecule has 7 heteroatoms. The minimum Gasteiger partial charge on any atom is -0.497 e. The molecule has 2 aromatic carbocycles. The fourth-order valence-corrected chi connectivity index (χ4v) is 6.49. The number of thioether (sulfide) groups is 1. The van der Waals surface area contributed by atoms with Crippen LogP contribution in [-0.4, -0.2) is 30.6 Å². The molecule has 0 amide bonds. The van der Waals surface area contributed by atoms with Crippen molar-refractivity contribution in [3.63, 3.8) is 0 Å². The van der Waals surface area contributed by atoms with Gasteiger partial charge in [-0.15, -0.1) is 23.1 Å². The fraction of sp³-hybridized carbons (Fsp3) is 0.280. The van der Waals surface area contributed by atoms with Crippen molar-refractivity contribution in [2.75, 3.05) is 13.7 Å². The molecule has 1 N–H and O–H groups in total. The van der Waals surface area contributed by atoms with Crippen LogP contribution in [0.2, 0.25) is 0 Å². The van der Waals surface area contributed by atoms with Gasteiger partial charge in [0.05, 0.1) is 23.6 Å². The lowest BCUT2D eigenvalue weighted by molar-refractivity contribution is 0.0530. The van der Waals surface area contributed by atoms with Crippen molar-refractivity contribution in [3.8, 4) is 5.75 Å². The lowest BCUT2D eigenvalue weighted by atomic mass is 9.80. The summed E-state index contributed by atoms with van der Waals surface area (Å²) in [6, 6.07) is 18.1. The van der Waals surface area contributed by atoms with E-state index in [9.17, 15) is 10.0 Å². The standard InChI is InChI=1S/C25H25NO4S2/c1-3-30-24(27)23-20-13-18(17-9-11-19(29-2)12-10-17)14-21(26-28)22(20)25(32-23)31-15-16-7-5-4-6-8-16/h4-12,18,28H,3,13-15H2,1-2H3/b26-21-/t18-/m1/s1. The maximum Gasteiger partial charge on any atom is 0.348 e. The zero-order chi connectivity index (χ0) is 22.5. The second-order valence-electron chi connectivity index (χ2n) is 7.49. The van der Waals surface area contributed by atoms with E-state index < -0.39 is 0 Å². The molecule has 3 aromatic rings. The highest BCUT2D eigenvalue weighted by Crippen LogP contribution is 2.45. The molecule has 5 nitrogen and oxygen atoms in total. The number of hydrogen-bond donors (Lipinski definition) is 1. The number of ether oxygens (including phenoxy) is 2. The predicted molar refractivity (Wildman–Crippen MR) is 129 cm³/mol. The van der Waals surface area contributed by atoms with E-state index in [0.717, 1.165) is 32.4 Å². The monoisotopic (exact) mass is 467 g/mol. The highest BCUT2D eigenvalue weighted by Gasteiger charge is 2.34. The first-order chi connectivity index (χ1) is 15.6. The number of hydrogen-bond acceptors (Lipinski definition) is 7. The van der Waals surface area contributed by atoms with Gasteiger partial charge in [-0.1, -0.05) is 47.6 Å². The van der Waals surface area contributed by atoms with Crippen molar-refractivity contribution in [3.05, 3.63) is 81.7 Å². The first-order valence-electron chi connectivity index (χ1n) is 10.5. The van der Waals surface area contributed by atoms with Crippen LogP contribution in [0, 0.1) is 0 Å². The highest BCUT2D eigenvalue weighted by atomic mass is 32.2. The normalized spacial score (nSPS) is 16.6. The number of benzene rings is 2. The summed E-state index contributed by atoms with van der Waals surface area (Å²) >= 11 is 3.11. The Kier molecular flexibility index (Phi) is 7.17. The van der Waals surface area contributed by atoms with Gasteiger partial charge in [-0.3, -0.25) is 0 Å². The highest BCUT2D eigenvalue weighted by molar-refractivity contribution is 8.00. The summed E-state index contributed by atoms with van der Waals surface area (Å²) in [6.07, 6.45) is 1.30. The zero-order valence-corrected chi connectivity index (χ0v) is 19.7. The van der Waals surface area contributed by atoms with Crippen LogP contribution in [-0.2, 0) is 16.9 Å². The van der Waals surface area contributed by atoms with E-state index in [0.29, 0.717) is 30.0 Å². The van der Waals surface area contributed by atoms with E-state index in [2.05, 4.69) is 17.3 Å². The molecule has 0 spiro atoms. The summed E-state index contributed by atoms with van der Waals surface area (Å²) in [5.74, 6) is 1.36. The first kappa shape index (κ1) is 22.4. The van der Waals surface area contributed by atoms with E-state index in [4.69, 9.17) is 9.47 Å². The van der Waals surface area contributed by atoms with Crippen LogP contribution >= 0.6 is 23.1 Å². The molecule has 1 aliphatic rings. The van der Waals surface area contributed by atoms with E-state index >= 15 is 0 Å². The number of oxime groups is 1. The Labute approximate surface area is 196 Å². The SMILES string of the molecule is CCOC(=O)c1sc(SCc2ccccc2)c2c1C[C@@H](c1ccc(OC)cc1)C/C2=N/O. The average Bonchev–Trinajstić information content (AvgIpc) is 3.22. The molecule has 0 saturated carbocycles. The van der Waals surface area contributed by atoms with Crippen LogP contribution in [0.4, 0.5) is 0 Å². The lowest BCUT2D eigenvalue weighted by Gasteiger charge is -2.25. The molecule has 4 rings (SSSR count). The number of fused-ring (bicyclic) bond motifs is 1. The van der Waals surface area contributed by atoms with Gasteiger partial charge in [-0.25, -0.2) is 4.79 Å². The first-order valence-corrected chi connectivity index (χ1v) is 12.3. The molecular formula is C25H25NO4S2. The Balaban J connectivity index is 1.70. The van der Waals surface area contributed by atoms with Crippen molar-refractivity contribution >= 4 is 34.8 Å². The van der Waals surface area contributed by atoms with E-state index in [1.165, 1.54) is 16.9 Å². The quantitative estimate of drug-likeness (QED) is 0.196. The second-order valence-corrected chi connectivity index (χ2v) is 9.76. The van der Waals surface area contributed by atoms with Crippen molar-refractivity contribution in [2.24, 2.45) is 5.16 Å². The summed E-state index contributed by atoms with van der Waals surface area (Å²) in [4.78, 5) is 13.4. The smallest absolute Gasteiger partial charge is 0.348 e. The number of rotatable bonds is 7. The number of nitrogens with zero attached hydrogens (tertiary/aromatic N) is 1. The van der Waals surface area contributed by atoms with Gasteiger partial charge in [0.25, 0.3) is 0 Å². The van der Waals surface area contributed by atoms with Gasteiger partial charge in [-0.05, 0) is 48.1 Å². The molecule has 0 aliphatic heterocycles. The second kappa shape index (κ2) is 10.2. The average molecular weight is 468 g/mol. The Morgan fingerprint density at radius 3 is 2.56 bits per heavy atom. The molecule has 0 radical (unpaired) electrons. The van der Waals surface area contributed by atoms with E-state index in [-0.39, 0.29) is 11.9 Å². The molecule has 0 saturated heterocycles. The van der Waals surface area contributed by atoms with Gasteiger partial charge < -0.3 is 14.7 Å². The minimum absolute atomic E-state index is 0.106. The largest absolute Gasteiger partial charge is 0.497 e.